The highest BCUT2D eigenvalue weighted by Gasteiger charge is 2.38. The maximum Gasteiger partial charge on any atom is 0.490 e. The topological polar surface area (TPSA) is 88.3 Å². The van der Waals surface area contributed by atoms with Gasteiger partial charge in [-0.1, -0.05) is 19.0 Å². The number of hydrogen-bond acceptors (Lipinski definition) is 5. The third-order valence-electron chi connectivity index (χ3n) is 1.57. The second-order valence-corrected chi connectivity index (χ2v) is 3.53. The lowest BCUT2D eigenvalue weighted by atomic mass is 10.2. The van der Waals surface area contributed by atoms with Crippen LogP contribution in [0.25, 0.3) is 0 Å². The average Bonchev–Trinajstić information content (AvgIpc) is 2.66. The molecule has 1 aromatic heterocycles. The molecule has 6 nitrogen and oxygen atoms in total. The molecule has 1 aromatic rings. The second kappa shape index (κ2) is 6.94. The molecule has 2 N–H and O–H groups in total. The molecule has 1 heterocycles. The minimum atomic E-state index is -5.08. The molecule has 0 bridgehead atoms. The molecule has 0 aliphatic carbocycles. The number of carboxylic acid groups (broad SMARTS) is 1. The molecule has 104 valence electrons. The molecule has 0 aliphatic rings. The summed E-state index contributed by atoms with van der Waals surface area (Å²) in [5.74, 6) is -0.997. The number of aliphatic carboxylic acids is 1. The summed E-state index contributed by atoms with van der Waals surface area (Å²) in [6, 6.07) is 0. The van der Waals surface area contributed by atoms with Gasteiger partial charge in [-0.3, -0.25) is 0 Å². The molecule has 0 radical (unpaired) electrons. The lowest BCUT2D eigenvalue weighted by Crippen LogP contribution is -2.21. The Morgan fingerprint density at radius 3 is 2.28 bits per heavy atom. The van der Waals surface area contributed by atoms with E-state index in [1.165, 1.54) is 0 Å². The van der Waals surface area contributed by atoms with E-state index in [9.17, 15) is 13.2 Å². The summed E-state index contributed by atoms with van der Waals surface area (Å²) in [4.78, 5) is 13.1. The van der Waals surface area contributed by atoms with Crippen LogP contribution >= 0.6 is 0 Å². The zero-order valence-electron chi connectivity index (χ0n) is 10.1. The Hall–Kier alpha value is -1.64. The van der Waals surface area contributed by atoms with Crippen LogP contribution in [0.4, 0.5) is 13.2 Å². The molecule has 9 heteroatoms. The van der Waals surface area contributed by atoms with Crippen molar-refractivity contribution in [2.24, 2.45) is 0 Å². The summed E-state index contributed by atoms with van der Waals surface area (Å²) in [7, 11) is 1.85. The van der Waals surface area contributed by atoms with Crippen LogP contribution in [-0.4, -0.2) is 34.4 Å². The molecule has 0 saturated heterocycles. The monoisotopic (exact) mass is 269 g/mol. The van der Waals surface area contributed by atoms with Crippen molar-refractivity contribution in [3.8, 4) is 0 Å². The third-order valence-corrected chi connectivity index (χ3v) is 1.57. The van der Waals surface area contributed by atoms with Crippen LogP contribution in [-0.2, 0) is 11.3 Å². The van der Waals surface area contributed by atoms with E-state index < -0.39 is 12.1 Å². The Morgan fingerprint density at radius 2 is 2.00 bits per heavy atom. The lowest BCUT2D eigenvalue weighted by molar-refractivity contribution is -0.192. The Morgan fingerprint density at radius 1 is 1.50 bits per heavy atom. The summed E-state index contributed by atoms with van der Waals surface area (Å²) >= 11 is 0. The van der Waals surface area contributed by atoms with Crippen LogP contribution in [0.1, 0.15) is 31.5 Å². The first kappa shape index (κ1) is 16.4. The summed E-state index contributed by atoms with van der Waals surface area (Å²) in [6.07, 6.45) is -5.08. The van der Waals surface area contributed by atoms with Gasteiger partial charge >= 0.3 is 12.1 Å². The van der Waals surface area contributed by atoms with Crippen LogP contribution in [0.5, 0.6) is 0 Å². The van der Waals surface area contributed by atoms with E-state index in [-0.39, 0.29) is 0 Å². The van der Waals surface area contributed by atoms with Gasteiger partial charge in [-0.25, -0.2) is 4.79 Å². The van der Waals surface area contributed by atoms with Crippen LogP contribution in [0.3, 0.4) is 0 Å². The van der Waals surface area contributed by atoms with Crippen molar-refractivity contribution in [2.75, 3.05) is 7.05 Å². The first-order valence-electron chi connectivity index (χ1n) is 4.95. The zero-order chi connectivity index (χ0) is 14.3. The number of alkyl halides is 3. The minimum Gasteiger partial charge on any atom is -0.475 e. The van der Waals surface area contributed by atoms with E-state index >= 15 is 0 Å². The van der Waals surface area contributed by atoms with Crippen molar-refractivity contribution >= 4 is 5.97 Å². The Labute approximate surface area is 101 Å². The number of aromatic nitrogens is 2. The predicted octanol–water partition coefficient (Wildman–Crippen LogP) is 1.55. The molecule has 18 heavy (non-hydrogen) atoms. The standard InChI is InChI=1S/C7H13N3O.C2HF3O2/c1-5(2)7-9-6(4-8-3)11-10-7;3-2(4,5)1(6)7/h5,8H,4H2,1-3H3;(H,6,7). The number of carboxylic acids is 1. The van der Waals surface area contributed by atoms with Crippen LogP contribution < -0.4 is 5.32 Å². The summed E-state index contributed by atoms with van der Waals surface area (Å²) in [5, 5.41) is 13.9. The Balaban J connectivity index is 0.000000360. The summed E-state index contributed by atoms with van der Waals surface area (Å²) < 4.78 is 36.7. The maximum absolute atomic E-state index is 10.6. The predicted molar refractivity (Wildman–Crippen MR) is 54.8 cm³/mol. The number of hydrogen-bond donors (Lipinski definition) is 2. The van der Waals surface area contributed by atoms with E-state index in [4.69, 9.17) is 14.4 Å². The van der Waals surface area contributed by atoms with Crippen molar-refractivity contribution in [1.82, 2.24) is 15.5 Å². The lowest BCUT2D eigenvalue weighted by Gasteiger charge is -1.93. The second-order valence-electron chi connectivity index (χ2n) is 3.53. The largest absolute Gasteiger partial charge is 0.490 e. The fourth-order valence-corrected chi connectivity index (χ4v) is 0.726. The fourth-order valence-electron chi connectivity index (χ4n) is 0.726. The van der Waals surface area contributed by atoms with Gasteiger partial charge in [0.05, 0.1) is 6.54 Å². The highest BCUT2D eigenvalue weighted by molar-refractivity contribution is 5.73. The van der Waals surface area contributed by atoms with E-state index in [1.807, 2.05) is 20.9 Å². The number of nitrogens with one attached hydrogen (secondary N) is 1. The highest BCUT2D eigenvalue weighted by Crippen LogP contribution is 2.13. The number of carbonyl (C=O) groups is 1. The average molecular weight is 269 g/mol. The van der Waals surface area contributed by atoms with Gasteiger partial charge in [0.15, 0.2) is 5.82 Å². The molecule has 1 rings (SSSR count). The first-order valence-corrected chi connectivity index (χ1v) is 4.95. The van der Waals surface area contributed by atoms with Gasteiger partial charge in [0.1, 0.15) is 0 Å². The van der Waals surface area contributed by atoms with Gasteiger partial charge < -0.3 is 14.9 Å². The van der Waals surface area contributed by atoms with E-state index in [0.717, 1.165) is 5.82 Å². The quantitative estimate of drug-likeness (QED) is 0.865. The molecule has 0 saturated carbocycles. The number of halogens is 3. The summed E-state index contributed by atoms with van der Waals surface area (Å²) in [5.41, 5.74) is 0. The summed E-state index contributed by atoms with van der Waals surface area (Å²) in [6.45, 7) is 4.71. The van der Waals surface area contributed by atoms with E-state index in [2.05, 4.69) is 15.5 Å². The minimum absolute atomic E-state index is 0.337. The number of nitrogens with zero attached hydrogens (tertiary/aromatic N) is 2. The highest BCUT2D eigenvalue weighted by atomic mass is 19.4. The molecule has 0 spiro atoms. The molecule has 0 aromatic carbocycles. The first-order chi connectivity index (χ1) is 8.18. The van der Waals surface area contributed by atoms with Crippen molar-refractivity contribution in [2.45, 2.75) is 32.5 Å². The van der Waals surface area contributed by atoms with Crippen LogP contribution in [0.15, 0.2) is 4.52 Å². The van der Waals surface area contributed by atoms with Gasteiger partial charge in [0, 0.05) is 5.92 Å². The van der Waals surface area contributed by atoms with Crippen LogP contribution in [0.2, 0.25) is 0 Å². The van der Waals surface area contributed by atoms with Crippen molar-refractivity contribution in [3.05, 3.63) is 11.7 Å². The van der Waals surface area contributed by atoms with Gasteiger partial charge in [-0.05, 0) is 7.05 Å². The van der Waals surface area contributed by atoms with Gasteiger partial charge in [0.2, 0.25) is 5.89 Å². The van der Waals surface area contributed by atoms with Crippen LogP contribution in [0, 0.1) is 0 Å². The van der Waals surface area contributed by atoms with Crippen molar-refractivity contribution in [1.29, 1.82) is 0 Å². The smallest absolute Gasteiger partial charge is 0.475 e. The SMILES string of the molecule is CNCc1nc(C(C)C)no1.O=C(O)C(F)(F)F. The molecule has 0 unspecified atom stereocenters. The zero-order valence-corrected chi connectivity index (χ0v) is 10.1. The molecule has 0 atom stereocenters. The van der Waals surface area contributed by atoms with Gasteiger partial charge in [-0.2, -0.15) is 18.2 Å². The third kappa shape index (κ3) is 6.18. The molecule has 0 aliphatic heterocycles. The molecule has 0 amide bonds. The van der Waals surface area contributed by atoms with Crippen molar-refractivity contribution in [3.63, 3.8) is 0 Å². The normalized spacial score (nSPS) is 11.1. The van der Waals surface area contributed by atoms with Gasteiger partial charge in [-0.15, -0.1) is 0 Å². The van der Waals surface area contributed by atoms with E-state index in [0.29, 0.717) is 18.4 Å². The maximum atomic E-state index is 10.6. The Kier molecular flexibility index (Phi) is 6.31. The van der Waals surface area contributed by atoms with E-state index in [1.54, 1.807) is 0 Å². The number of rotatable bonds is 3. The molecular formula is C9H14F3N3O3. The Bertz CT molecular complexity index is 377. The fraction of sp³-hybridized carbons (Fsp3) is 0.667. The molecule has 0 fully saturated rings. The van der Waals surface area contributed by atoms with Gasteiger partial charge in [0.25, 0.3) is 0 Å². The molecular weight excluding hydrogens is 255 g/mol. The van der Waals surface area contributed by atoms with Crippen molar-refractivity contribution < 1.29 is 27.6 Å².